The van der Waals surface area contributed by atoms with Crippen LogP contribution in [0.5, 0.6) is 0 Å². The standard InChI is InChI=1S/C18H28BNO3/c1-12(2)15-9-14(10-16(20-15)13-7-8-21-11-13)19-22-17(3,4)18(5,6)23-19/h9-10,12-13H,7-8,11H2,1-6H3. The van der Waals surface area contributed by atoms with E-state index in [0.717, 1.165) is 36.5 Å². The van der Waals surface area contributed by atoms with Crippen LogP contribution in [0, 0.1) is 0 Å². The largest absolute Gasteiger partial charge is 0.494 e. The highest BCUT2D eigenvalue weighted by molar-refractivity contribution is 6.62. The summed E-state index contributed by atoms with van der Waals surface area (Å²) < 4.78 is 18.0. The van der Waals surface area contributed by atoms with Crippen LogP contribution in [-0.4, -0.2) is 36.5 Å². The maximum atomic E-state index is 6.22. The first-order valence-corrected chi connectivity index (χ1v) is 8.65. The number of hydrogen-bond donors (Lipinski definition) is 0. The Morgan fingerprint density at radius 3 is 2.30 bits per heavy atom. The normalized spacial score (nSPS) is 26.2. The van der Waals surface area contributed by atoms with Crippen molar-refractivity contribution in [2.24, 2.45) is 0 Å². The fourth-order valence-corrected chi connectivity index (χ4v) is 2.98. The molecule has 5 heteroatoms. The van der Waals surface area contributed by atoms with E-state index in [4.69, 9.17) is 19.0 Å². The van der Waals surface area contributed by atoms with Gasteiger partial charge in [0.25, 0.3) is 0 Å². The number of rotatable bonds is 3. The highest BCUT2D eigenvalue weighted by Crippen LogP contribution is 2.37. The van der Waals surface area contributed by atoms with Gasteiger partial charge in [0.1, 0.15) is 0 Å². The molecule has 0 radical (unpaired) electrons. The Morgan fingerprint density at radius 2 is 1.78 bits per heavy atom. The Hall–Kier alpha value is -0.905. The summed E-state index contributed by atoms with van der Waals surface area (Å²) in [4.78, 5) is 4.87. The molecule has 2 saturated heterocycles. The van der Waals surface area contributed by atoms with Crippen molar-refractivity contribution in [3.8, 4) is 0 Å². The molecule has 3 heterocycles. The SMILES string of the molecule is CC(C)c1cc(B2OC(C)(C)C(C)(C)O2)cc(C2CCOC2)n1. The Kier molecular flexibility index (Phi) is 4.32. The van der Waals surface area contributed by atoms with Crippen molar-refractivity contribution in [2.45, 2.75) is 71.0 Å². The summed E-state index contributed by atoms with van der Waals surface area (Å²) in [5, 5.41) is 0. The van der Waals surface area contributed by atoms with Gasteiger partial charge in [0.15, 0.2) is 0 Å². The second-order valence-corrected chi connectivity index (χ2v) is 8.05. The zero-order valence-corrected chi connectivity index (χ0v) is 15.2. The summed E-state index contributed by atoms with van der Waals surface area (Å²) in [6, 6.07) is 4.28. The van der Waals surface area contributed by atoms with Crippen molar-refractivity contribution in [1.82, 2.24) is 4.98 Å². The van der Waals surface area contributed by atoms with Crippen LogP contribution in [0.1, 0.15) is 71.2 Å². The fourth-order valence-electron chi connectivity index (χ4n) is 2.98. The Balaban J connectivity index is 1.95. The van der Waals surface area contributed by atoms with Crippen LogP contribution in [0.15, 0.2) is 12.1 Å². The lowest BCUT2D eigenvalue weighted by atomic mass is 9.77. The zero-order valence-electron chi connectivity index (χ0n) is 15.2. The van der Waals surface area contributed by atoms with E-state index in [-0.39, 0.29) is 18.3 Å². The van der Waals surface area contributed by atoms with Crippen LogP contribution in [0.4, 0.5) is 0 Å². The Labute approximate surface area is 140 Å². The van der Waals surface area contributed by atoms with Gasteiger partial charge in [-0.1, -0.05) is 13.8 Å². The van der Waals surface area contributed by atoms with Crippen LogP contribution in [0.3, 0.4) is 0 Å². The summed E-state index contributed by atoms with van der Waals surface area (Å²) in [6.07, 6.45) is 1.04. The quantitative estimate of drug-likeness (QED) is 0.804. The second kappa shape index (κ2) is 5.87. The molecule has 0 amide bonds. The average Bonchev–Trinajstić information content (AvgIpc) is 3.05. The van der Waals surface area contributed by atoms with Gasteiger partial charge in [0.2, 0.25) is 0 Å². The number of ether oxygens (including phenoxy) is 1. The maximum absolute atomic E-state index is 6.22. The van der Waals surface area contributed by atoms with E-state index >= 15 is 0 Å². The van der Waals surface area contributed by atoms with E-state index in [1.165, 1.54) is 0 Å². The molecular weight excluding hydrogens is 289 g/mol. The number of hydrogen-bond acceptors (Lipinski definition) is 4. The van der Waals surface area contributed by atoms with E-state index in [1.807, 2.05) is 0 Å². The number of aromatic nitrogens is 1. The minimum Gasteiger partial charge on any atom is -0.399 e. The summed E-state index contributed by atoms with van der Waals surface area (Å²) in [7, 11) is -0.332. The van der Waals surface area contributed by atoms with Crippen molar-refractivity contribution in [3.63, 3.8) is 0 Å². The lowest BCUT2D eigenvalue weighted by Crippen LogP contribution is -2.41. The molecule has 0 bridgehead atoms. The van der Waals surface area contributed by atoms with Crippen LogP contribution >= 0.6 is 0 Å². The molecule has 1 unspecified atom stereocenters. The molecule has 0 spiro atoms. The third kappa shape index (κ3) is 3.19. The predicted molar refractivity (Wildman–Crippen MR) is 92.2 cm³/mol. The molecule has 23 heavy (non-hydrogen) atoms. The molecule has 2 fully saturated rings. The molecule has 3 rings (SSSR count). The first-order chi connectivity index (χ1) is 10.7. The molecule has 0 aliphatic carbocycles. The van der Waals surface area contributed by atoms with Crippen LogP contribution in [0.2, 0.25) is 0 Å². The van der Waals surface area contributed by atoms with Gasteiger partial charge >= 0.3 is 7.12 Å². The topological polar surface area (TPSA) is 40.6 Å². The second-order valence-electron chi connectivity index (χ2n) is 8.05. The minimum absolute atomic E-state index is 0.324. The molecule has 0 N–H and O–H groups in total. The maximum Gasteiger partial charge on any atom is 0.494 e. The van der Waals surface area contributed by atoms with Gasteiger partial charge in [-0.15, -0.1) is 0 Å². The smallest absolute Gasteiger partial charge is 0.399 e. The summed E-state index contributed by atoms with van der Waals surface area (Å²) in [6.45, 7) is 14.3. The fraction of sp³-hybridized carbons (Fsp3) is 0.722. The van der Waals surface area contributed by atoms with Gasteiger partial charge in [-0.25, -0.2) is 0 Å². The lowest BCUT2D eigenvalue weighted by molar-refractivity contribution is 0.00578. The van der Waals surface area contributed by atoms with E-state index < -0.39 is 0 Å². The third-order valence-electron chi connectivity index (χ3n) is 5.35. The van der Waals surface area contributed by atoms with E-state index in [9.17, 15) is 0 Å². The van der Waals surface area contributed by atoms with Crippen LogP contribution in [0.25, 0.3) is 0 Å². The molecular formula is C18H28BNO3. The van der Waals surface area contributed by atoms with Gasteiger partial charge in [0, 0.05) is 23.9 Å². The van der Waals surface area contributed by atoms with Gasteiger partial charge < -0.3 is 14.0 Å². The first kappa shape index (κ1) is 16.9. The van der Waals surface area contributed by atoms with E-state index in [2.05, 4.69) is 53.7 Å². The van der Waals surface area contributed by atoms with Crippen molar-refractivity contribution >= 4 is 12.6 Å². The summed E-state index contributed by atoms with van der Waals surface area (Å²) >= 11 is 0. The van der Waals surface area contributed by atoms with Gasteiger partial charge in [-0.3, -0.25) is 4.98 Å². The molecule has 4 nitrogen and oxygen atoms in total. The minimum atomic E-state index is -0.332. The molecule has 1 aromatic heterocycles. The molecule has 2 aliphatic heterocycles. The monoisotopic (exact) mass is 317 g/mol. The van der Waals surface area contributed by atoms with Gasteiger partial charge in [-0.2, -0.15) is 0 Å². The summed E-state index contributed by atoms with van der Waals surface area (Å²) in [5.74, 6) is 0.758. The van der Waals surface area contributed by atoms with E-state index in [1.54, 1.807) is 0 Å². The molecule has 2 aliphatic rings. The highest BCUT2D eigenvalue weighted by Gasteiger charge is 2.51. The van der Waals surface area contributed by atoms with Crippen molar-refractivity contribution in [3.05, 3.63) is 23.5 Å². The van der Waals surface area contributed by atoms with Crippen molar-refractivity contribution < 1.29 is 14.0 Å². The van der Waals surface area contributed by atoms with Gasteiger partial charge in [-0.05, 0) is 57.6 Å². The Bertz CT molecular complexity index is 564. The Morgan fingerprint density at radius 1 is 1.13 bits per heavy atom. The first-order valence-electron chi connectivity index (χ1n) is 8.65. The van der Waals surface area contributed by atoms with E-state index in [0.29, 0.717) is 11.8 Å². The summed E-state index contributed by atoms with van der Waals surface area (Å²) in [5.41, 5.74) is 2.63. The van der Waals surface area contributed by atoms with Crippen molar-refractivity contribution in [2.75, 3.05) is 13.2 Å². The zero-order chi connectivity index (χ0) is 16.8. The van der Waals surface area contributed by atoms with Crippen molar-refractivity contribution in [1.29, 1.82) is 0 Å². The predicted octanol–water partition coefficient (Wildman–Crippen LogP) is 3.01. The van der Waals surface area contributed by atoms with Crippen LogP contribution in [-0.2, 0) is 14.0 Å². The third-order valence-corrected chi connectivity index (χ3v) is 5.35. The molecule has 0 saturated carbocycles. The molecule has 0 aromatic carbocycles. The number of nitrogens with zero attached hydrogens (tertiary/aromatic N) is 1. The lowest BCUT2D eigenvalue weighted by Gasteiger charge is -2.32. The molecule has 126 valence electrons. The molecule has 1 atom stereocenters. The van der Waals surface area contributed by atoms with Crippen LogP contribution < -0.4 is 5.46 Å². The average molecular weight is 317 g/mol. The highest BCUT2D eigenvalue weighted by atomic mass is 16.7. The molecule has 1 aromatic rings. The number of pyridine rings is 1. The van der Waals surface area contributed by atoms with Gasteiger partial charge in [0.05, 0.1) is 17.8 Å².